The van der Waals surface area contributed by atoms with Gasteiger partial charge in [-0.3, -0.25) is 19.1 Å². The first-order chi connectivity index (χ1) is 22.9. The number of hydrogen-bond acceptors (Lipinski definition) is 8. The molecule has 1 amide bonds. The molecule has 5 aliphatic rings. The van der Waals surface area contributed by atoms with Crippen LogP contribution in [0, 0.1) is 22.7 Å². The molecule has 4 atom stereocenters. The first kappa shape index (κ1) is 31.0. The largest absolute Gasteiger partial charge is 0.486 e. The minimum absolute atomic E-state index is 0.00427. The summed E-state index contributed by atoms with van der Waals surface area (Å²) in [5, 5.41) is 2.90. The molecule has 12 heteroatoms. The minimum atomic E-state index is -4.02. The Hall–Kier alpha value is -4.32. The molecule has 0 radical (unpaired) electrons. The van der Waals surface area contributed by atoms with E-state index in [-0.39, 0.29) is 40.4 Å². The summed E-state index contributed by atoms with van der Waals surface area (Å²) < 4.78 is 44.1. The van der Waals surface area contributed by atoms with Crippen LogP contribution in [-0.2, 0) is 21.4 Å². The molecule has 48 heavy (non-hydrogen) atoms. The van der Waals surface area contributed by atoms with Gasteiger partial charge in [-0.2, -0.15) is 0 Å². The molecular weight excluding hydrogens is 632 g/mol. The maximum atomic E-state index is 14.1. The summed E-state index contributed by atoms with van der Waals surface area (Å²) in [5.41, 5.74) is 1.38. The fourth-order valence-corrected chi connectivity index (χ4v) is 11.0. The van der Waals surface area contributed by atoms with Gasteiger partial charge in [-0.05, 0) is 72.9 Å². The lowest BCUT2D eigenvalue weighted by atomic mass is 9.70. The van der Waals surface area contributed by atoms with Crippen LogP contribution in [0.5, 0.6) is 11.5 Å². The van der Waals surface area contributed by atoms with Crippen LogP contribution in [0.15, 0.2) is 59.4 Å². The minimum Gasteiger partial charge on any atom is -0.486 e. The Morgan fingerprint density at radius 1 is 0.979 bits per heavy atom. The molecule has 11 nitrogen and oxygen atoms in total. The van der Waals surface area contributed by atoms with Crippen molar-refractivity contribution in [1.29, 1.82) is 0 Å². The molecule has 252 valence electrons. The molecule has 1 aromatic heterocycles. The van der Waals surface area contributed by atoms with Crippen molar-refractivity contribution in [3.8, 4) is 11.5 Å². The van der Waals surface area contributed by atoms with Crippen molar-refractivity contribution in [3.05, 3.63) is 76.2 Å². The number of ketones is 1. The maximum Gasteiger partial charge on any atom is 0.255 e. The van der Waals surface area contributed by atoms with E-state index in [0.29, 0.717) is 74.3 Å². The zero-order valence-corrected chi connectivity index (χ0v) is 28.0. The average molecular weight is 673 g/mol. The van der Waals surface area contributed by atoms with E-state index in [9.17, 15) is 22.8 Å². The van der Waals surface area contributed by atoms with E-state index in [1.165, 1.54) is 0 Å². The van der Waals surface area contributed by atoms with Crippen molar-refractivity contribution >= 4 is 38.8 Å². The number of Topliss-reactive ketones (excluding diaryl/α,β-unsaturated/α-hetero) is 1. The first-order valence-electron chi connectivity index (χ1n) is 16.8. The highest BCUT2D eigenvalue weighted by atomic mass is 32.2. The van der Waals surface area contributed by atoms with Crippen LogP contribution in [0.25, 0.3) is 0 Å². The van der Waals surface area contributed by atoms with Gasteiger partial charge in [0.25, 0.3) is 11.5 Å². The third-order valence-corrected chi connectivity index (χ3v) is 13.1. The van der Waals surface area contributed by atoms with E-state index in [1.54, 1.807) is 48.5 Å². The predicted octanol–water partition coefficient (Wildman–Crippen LogP) is 4.63. The topological polar surface area (TPSA) is 136 Å². The van der Waals surface area contributed by atoms with Gasteiger partial charge in [0.1, 0.15) is 19.0 Å². The van der Waals surface area contributed by atoms with Crippen molar-refractivity contribution < 1.29 is 27.5 Å². The number of anilines is 3. The van der Waals surface area contributed by atoms with Gasteiger partial charge in [-0.1, -0.05) is 19.9 Å². The van der Waals surface area contributed by atoms with Crippen molar-refractivity contribution in [2.75, 3.05) is 47.0 Å². The number of hydrogen-bond donors (Lipinski definition) is 2. The second-order valence-corrected chi connectivity index (χ2v) is 16.4. The van der Waals surface area contributed by atoms with Gasteiger partial charge in [-0.15, -0.1) is 0 Å². The number of fused-ring (bicyclic) bond motifs is 7. The van der Waals surface area contributed by atoms with E-state index >= 15 is 0 Å². The van der Waals surface area contributed by atoms with E-state index in [4.69, 9.17) is 9.47 Å². The number of piperidine rings is 1. The lowest BCUT2D eigenvalue weighted by Crippen LogP contribution is -2.47. The van der Waals surface area contributed by atoms with E-state index in [2.05, 4.69) is 14.9 Å². The molecule has 2 aliphatic carbocycles. The van der Waals surface area contributed by atoms with Crippen LogP contribution in [0.3, 0.4) is 0 Å². The highest BCUT2D eigenvalue weighted by Crippen LogP contribution is 2.64. The summed E-state index contributed by atoms with van der Waals surface area (Å²) in [6.45, 7) is 6.74. The number of pyridine rings is 1. The number of nitrogens with zero attached hydrogens (tertiary/aromatic N) is 2. The Balaban J connectivity index is 1.12. The number of sulfonamides is 1. The molecular formula is C36H40N4O7S. The van der Waals surface area contributed by atoms with Gasteiger partial charge in [0, 0.05) is 61.1 Å². The molecule has 1 saturated heterocycles. The maximum absolute atomic E-state index is 14.1. The fourth-order valence-electron chi connectivity index (χ4n) is 9.09. The molecule has 3 fully saturated rings. The lowest BCUT2D eigenvalue weighted by Gasteiger charge is -2.44. The number of rotatable bonds is 7. The third kappa shape index (κ3) is 5.07. The number of amides is 1. The number of carbonyl (C=O) groups excluding carboxylic acids is 2. The zero-order chi connectivity index (χ0) is 33.4. The summed E-state index contributed by atoms with van der Waals surface area (Å²) in [4.78, 5) is 41.6. The average Bonchev–Trinajstić information content (AvgIpc) is 3.39. The van der Waals surface area contributed by atoms with Gasteiger partial charge in [0.05, 0.1) is 22.5 Å². The Bertz CT molecular complexity index is 2010. The summed E-state index contributed by atoms with van der Waals surface area (Å²) in [7, 11) is -4.02. The summed E-state index contributed by atoms with van der Waals surface area (Å²) in [6.07, 6.45) is 2.77. The number of nitrogens with one attached hydrogen (secondary N) is 2. The third-order valence-electron chi connectivity index (χ3n) is 11.7. The standard InChI is InChI=1S/C36H40N4O7S/c1-35(2)25-10-11-36(35,32(41)16-25)21-48(44,45)38-27-15-23(34(43)37-26-7-9-30-31(17-26)47-13-12-46-30)6-8-29(27)39-18-22-14-24(20-39)28-4-3-5-33(42)40(28)19-22/h3-9,15,17,22,24-25,38H,10-14,16,18-21H2,1-2H3,(H,37,43)/t22-,24-,25+,36+/m0/s1. The summed E-state index contributed by atoms with van der Waals surface area (Å²) >= 11 is 0. The molecule has 3 aromatic rings. The number of benzene rings is 2. The molecule has 2 aromatic carbocycles. The van der Waals surface area contributed by atoms with Crippen LogP contribution >= 0.6 is 0 Å². The SMILES string of the molecule is CC1(C)[C@@H]2CC[C@@]1(CS(=O)(=O)Nc1cc(C(=O)Nc3ccc4c(c3)OCCO4)ccc1N1C[C@@H]3C[C@@H](C1)c1cccc(=O)n1C3)C(=O)C2. The number of aromatic nitrogens is 1. The normalized spacial score (nSPS) is 26.6. The smallest absolute Gasteiger partial charge is 0.255 e. The van der Waals surface area contributed by atoms with Crippen LogP contribution < -0.4 is 30.0 Å². The molecule has 4 heterocycles. The second-order valence-electron chi connectivity index (χ2n) is 14.7. The van der Waals surface area contributed by atoms with Gasteiger partial charge in [0.15, 0.2) is 11.5 Å². The Morgan fingerprint density at radius 3 is 2.56 bits per heavy atom. The van der Waals surface area contributed by atoms with E-state index < -0.39 is 26.8 Å². The molecule has 0 spiro atoms. The van der Waals surface area contributed by atoms with Crippen LogP contribution in [-0.4, -0.2) is 56.7 Å². The van der Waals surface area contributed by atoms with Crippen molar-refractivity contribution in [2.45, 2.75) is 52.0 Å². The Kier molecular flexibility index (Phi) is 7.17. The monoisotopic (exact) mass is 672 g/mol. The molecule has 2 saturated carbocycles. The summed E-state index contributed by atoms with van der Waals surface area (Å²) in [5.74, 6) is 0.955. The van der Waals surface area contributed by atoms with E-state index in [0.717, 1.165) is 18.5 Å². The van der Waals surface area contributed by atoms with Crippen LogP contribution in [0.4, 0.5) is 17.1 Å². The molecule has 3 aliphatic heterocycles. The molecule has 0 unspecified atom stereocenters. The second kappa shape index (κ2) is 11.1. The Morgan fingerprint density at radius 2 is 1.79 bits per heavy atom. The van der Waals surface area contributed by atoms with E-state index in [1.807, 2.05) is 24.5 Å². The lowest BCUT2D eigenvalue weighted by molar-refractivity contribution is -0.128. The van der Waals surface area contributed by atoms with Crippen molar-refractivity contribution in [2.24, 2.45) is 22.7 Å². The number of carbonyl (C=O) groups is 2. The van der Waals surface area contributed by atoms with Gasteiger partial charge in [-0.25, -0.2) is 8.42 Å². The fraction of sp³-hybridized carbons (Fsp3) is 0.472. The summed E-state index contributed by atoms with van der Waals surface area (Å²) in [6, 6.07) is 15.6. The quantitative estimate of drug-likeness (QED) is 0.371. The van der Waals surface area contributed by atoms with Crippen LogP contribution in [0.1, 0.15) is 61.5 Å². The zero-order valence-electron chi connectivity index (χ0n) is 27.2. The highest BCUT2D eigenvalue weighted by Gasteiger charge is 2.65. The first-order valence-corrected chi connectivity index (χ1v) is 18.4. The molecule has 8 rings (SSSR count). The van der Waals surface area contributed by atoms with Gasteiger partial charge in [0.2, 0.25) is 10.0 Å². The Labute approximate surface area is 279 Å². The highest BCUT2D eigenvalue weighted by molar-refractivity contribution is 7.92. The van der Waals surface area contributed by atoms with Gasteiger partial charge < -0.3 is 24.3 Å². The number of ether oxygens (including phenoxy) is 2. The predicted molar refractivity (Wildman–Crippen MR) is 182 cm³/mol. The van der Waals surface area contributed by atoms with Gasteiger partial charge >= 0.3 is 0 Å². The van der Waals surface area contributed by atoms with Crippen molar-refractivity contribution in [1.82, 2.24) is 4.57 Å². The van der Waals surface area contributed by atoms with Crippen molar-refractivity contribution in [3.63, 3.8) is 0 Å². The van der Waals surface area contributed by atoms with Crippen LogP contribution in [0.2, 0.25) is 0 Å². The molecule has 2 N–H and O–H groups in total. The molecule has 4 bridgehead atoms.